The number of thioether (sulfide) groups is 1. The van der Waals surface area contributed by atoms with Crippen LogP contribution >= 0.6 is 11.8 Å². The van der Waals surface area contributed by atoms with Gasteiger partial charge in [0.25, 0.3) is 0 Å². The Bertz CT molecular complexity index is 203. The van der Waals surface area contributed by atoms with Crippen molar-refractivity contribution in [3.05, 3.63) is 0 Å². The molecule has 0 bridgehead atoms. The van der Waals surface area contributed by atoms with Gasteiger partial charge >= 0.3 is 0 Å². The average Bonchev–Trinajstić information content (AvgIpc) is 2.73. The van der Waals surface area contributed by atoms with Crippen LogP contribution in [0.25, 0.3) is 0 Å². The molecule has 0 aromatic heterocycles. The van der Waals surface area contributed by atoms with E-state index in [1.54, 1.807) is 7.05 Å². The van der Waals surface area contributed by atoms with E-state index >= 15 is 0 Å². The van der Waals surface area contributed by atoms with Crippen molar-refractivity contribution in [3.8, 4) is 0 Å². The molecular formula is C11H22N2OS. The molecule has 15 heavy (non-hydrogen) atoms. The van der Waals surface area contributed by atoms with E-state index in [0.717, 1.165) is 13.1 Å². The van der Waals surface area contributed by atoms with Gasteiger partial charge in [0, 0.05) is 31.3 Å². The zero-order valence-corrected chi connectivity index (χ0v) is 10.6. The SMILES string of the molecule is CNC(=O)CCNCC1(SC)CCCC1. The van der Waals surface area contributed by atoms with Gasteiger partial charge in [-0.2, -0.15) is 11.8 Å². The van der Waals surface area contributed by atoms with E-state index in [9.17, 15) is 4.79 Å². The van der Waals surface area contributed by atoms with Crippen LogP contribution in [0.15, 0.2) is 0 Å². The molecule has 0 spiro atoms. The Morgan fingerprint density at radius 2 is 2.07 bits per heavy atom. The second-order valence-corrected chi connectivity index (χ2v) is 5.47. The summed E-state index contributed by atoms with van der Waals surface area (Å²) < 4.78 is 0.447. The molecular weight excluding hydrogens is 208 g/mol. The topological polar surface area (TPSA) is 41.1 Å². The molecule has 0 saturated heterocycles. The zero-order valence-electron chi connectivity index (χ0n) is 9.77. The largest absolute Gasteiger partial charge is 0.359 e. The number of amides is 1. The summed E-state index contributed by atoms with van der Waals surface area (Å²) in [6.07, 6.45) is 8.14. The molecule has 1 aliphatic rings. The molecule has 88 valence electrons. The summed E-state index contributed by atoms with van der Waals surface area (Å²) in [5.41, 5.74) is 0. The highest BCUT2D eigenvalue weighted by atomic mass is 32.2. The van der Waals surface area contributed by atoms with Gasteiger partial charge in [-0.15, -0.1) is 0 Å². The van der Waals surface area contributed by atoms with Gasteiger partial charge in [0.2, 0.25) is 5.91 Å². The van der Waals surface area contributed by atoms with Gasteiger partial charge in [-0.3, -0.25) is 4.79 Å². The Hall–Kier alpha value is -0.220. The summed E-state index contributed by atoms with van der Waals surface area (Å²) in [4.78, 5) is 11.0. The number of carbonyl (C=O) groups is 1. The Morgan fingerprint density at radius 1 is 1.40 bits per heavy atom. The monoisotopic (exact) mass is 230 g/mol. The quantitative estimate of drug-likeness (QED) is 0.678. The fourth-order valence-corrected chi connectivity index (χ4v) is 3.06. The molecule has 0 aliphatic heterocycles. The third-order valence-electron chi connectivity index (χ3n) is 3.20. The van der Waals surface area contributed by atoms with Crippen LogP contribution in [0, 0.1) is 0 Å². The highest BCUT2D eigenvalue weighted by Gasteiger charge is 2.32. The van der Waals surface area contributed by atoms with Gasteiger partial charge in [-0.25, -0.2) is 0 Å². The Labute approximate surface area is 96.8 Å². The van der Waals surface area contributed by atoms with Crippen molar-refractivity contribution in [2.45, 2.75) is 36.9 Å². The van der Waals surface area contributed by atoms with E-state index in [0.29, 0.717) is 11.2 Å². The van der Waals surface area contributed by atoms with Crippen LogP contribution in [0.5, 0.6) is 0 Å². The second kappa shape index (κ2) is 6.38. The first-order chi connectivity index (χ1) is 7.22. The summed E-state index contributed by atoms with van der Waals surface area (Å²) in [6.45, 7) is 1.84. The maximum Gasteiger partial charge on any atom is 0.221 e. The van der Waals surface area contributed by atoms with Crippen LogP contribution in [-0.2, 0) is 4.79 Å². The highest BCUT2D eigenvalue weighted by Crippen LogP contribution is 2.39. The van der Waals surface area contributed by atoms with E-state index < -0.39 is 0 Å². The van der Waals surface area contributed by atoms with Crippen LogP contribution in [0.2, 0.25) is 0 Å². The Balaban J connectivity index is 2.15. The van der Waals surface area contributed by atoms with Gasteiger partial charge in [0.05, 0.1) is 0 Å². The lowest BCUT2D eigenvalue weighted by atomic mass is 10.1. The summed E-state index contributed by atoms with van der Waals surface area (Å²) in [5, 5.41) is 6.04. The lowest BCUT2D eigenvalue weighted by Gasteiger charge is -2.27. The van der Waals surface area contributed by atoms with Crippen molar-refractivity contribution in [2.24, 2.45) is 0 Å². The molecule has 2 N–H and O–H groups in total. The van der Waals surface area contributed by atoms with Crippen molar-refractivity contribution in [1.82, 2.24) is 10.6 Å². The number of hydrogen-bond donors (Lipinski definition) is 2. The van der Waals surface area contributed by atoms with Gasteiger partial charge in [-0.1, -0.05) is 12.8 Å². The van der Waals surface area contributed by atoms with Gasteiger partial charge < -0.3 is 10.6 Å². The third-order valence-corrected chi connectivity index (χ3v) is 4.62. The summed E-state index contributed by atoms with van der Waals surface area (Å²) >= 11 is 1.98. The van der Waals surface area contributed by atoms with E-state index in [4.69, 9.17) is 0 Å². The molecule has 3 nitrogen and oxygen atoms in total. The fraction of sp³-hybridized carbons (Fsp3) is 0.909. The van der Waals surface area contributed by atoms with Gasteiger partial charge in [-0.05, 0) is 19.1 Å². The van der Waals surface area contributed by atoms with Crippen LogP contribution < -0.4 is 10.6 Å². The molecule has 0 aromatic rings. The molecule has 4 heteroatoms. The molecule has 1 saturated carbocycles. The van der Waals surface area contributed by atoms with Crippen molar-refractivity contribution >= 4 is 17.7 Å². The second-order valence-electron chi connectivity index (χ2n) is 4.19. The van der Waals surface area contributed by atoms with Crippen molar-refractivity contribution in [1.29, 1.82) is 0 Å². The molecule has 1 aliphatic carbocycles. The van der Waals surface area contributed by atoms with E-state index in [-0.39, 0.29) is 5.91 Å². The summed E-state index contributed by atoms with van der Waals surface area (Å²) in [7, 11) is 1.68. The summed E-state index contributed by atoms with van der Waals surface area (Å²) in [5.74, 6) is 0.118. The first-order valence-corrected chi connectivity index (χ1v) is 6.91. The highest BCUT2D eigenvalue weighted by molar-refractivity contribution is 8.00. The summed E-state index contributed by atoms with van der Waals surface area (Å²) in [6, 6.07) is 0. The van der Waals surface area contributed by atoms with Crippen LogP contribution in [-0.4, -0.2) is 37.0 Å². The minimum atomic E-state index is 0.118. The minimum Gasteiger partial charge on any atom is -0.359 e. The van der Waals surface area contributed by atoms with Gasteiger partial charge in [0.1, 0.15) is 0 Å². The average molecular weight is 230 g/mol. The maximum atomic E-state index is 11.0. The van der Waals surface area contributed by atoms with Crippen molar-refractivity contribution < 1.29 is 4.79 Å². The first-order valence-electron chi connectivity index (χ1n) is 5.69. The third kappa shape index (κ3) is 4.03. The molecule has 1 fully saturated rings. The smallest absolute Gasteiger partial charge is 0.221 e. The molecule has 0 aromatic carbocycles. The number of carbonyl (C=O) groups excluding carboxylic acids is 1. The Morgan fingerprint density at radius 3 is 2.60 bits per heavy atom. The lowest BCUT2D eigenvalue weighted by molar-refractivity contribution is -0.120. The molecule has 0 atom stereocenters. The molecule has 0 radical (unpaired) electrons. The molecule has 1 rings (SSSR count). The fourth-order valence-electron chi connectivity index (χ4n) is 2.12. The Kier molecular flexibility index (Phi) is 5.47. The number of rotatable bonds is 6. The van der Waals surface area contributed by atoms with Crippen LogP contribution in [0.3, 0.4) is 0 Å². The van der Waals surface area contributed by atoms with E-state index in [2.05, 4.69) is 16.9 Å². The van der Waals surface area contributed by atoms with E-state index in [1.807, 2.05) is 11.8 Å². The van der Waals surface area contributed by atoms with Gasteiger partial charge in [0.15, 0.2) is 0 Å². The van der Waals surface area contributed by atoms with Crippen LogP contribution in [0.1, 0.15) is 32.1 Å². The van der Waals surface area contributed by atoms with Crippen molar-refractivity contribution in [2.75, 3.05) is 26.4 Å². The first kappa shape index (κ1) is 12.8. The zero-order chi connectivity index (χ0) is 11.1. The maximum absolute atomic E-state index is 11.0. The lowest BCUT2D eigenvalue weighted by Crippen LogP contribution is -2.36. The molecule has 1 amide bonds. The number of hydrogen-bond acceptors (Lipinski definition) is 3. The minimum absolute atomic E-state index is 0.118. The standard InChI is InChI=1S/C11H22N2OS/c1-12-10(14)5-8-13-9-11(15-2)6-3-4-7-11/h13H,3-9H2,1-2H3,(H,12,14). The normalized spacial score (nSPS) is 19.1. The molecule has 0 heterocycles. The predicted molar refractivity (Wildman–Crippen MR) is 66.3 cm³/mol. The number of nitrogens with one attached hydrogen (secondary N) is 2. The predicted octanol–water partition coefficient (Wildman–Crippen LogP) is 1.39. The molecule has 0 unspecified atom stereocenters. The van der Waals surface area contributed by atoms with E-state index in [1.165, 1.54) is 25.7 Å². The van der Waals surface area contributed by atoms with Crippen LogP contribution in [0.4, 0.5) is 0 Å². The van der Waals surface area contributed by atoms with Crippen molar-refractivity contribution in [3.63, 3.8) is 0 Å².